The summed E-state index contributed by atoms with van der Waals surface area (Å²) in [4.78, 5) is 4.06. The fraction of sp³-hybridized carbons (Fsp3) is 0.692. The zero-order valence-corrected chi connectivity index (χ0v) is 12.5. The van der Waals surface area contributed by atoms with Crippen molar-refractivity contribution >= 4 is 27.3 Å². The van der Waals surface area contributed by atoms with E-state index >= 15 is 0 Å². The molecule has 16 heavy (non-hydrogen) atoms. The van der Waals surface area contributed by atoms with Gasteiger partial charge in [0.15, 0.2) is 0 Å². The molecule has 1 aromatic heterocycles. The number of piperidine rings is 1. The Morgan fingerprint density at radius 3 is 2.62 bits per heavy atom. The minimum absolute atomic E-state index is 0.600. The van der Waals surface area contributed by atoms with E-state index in [9.17, 15) is 0 Å². The lowest BCUT2D eigenvalue weighted by Gasteiger charge is -2.38. The van der Waals surface area contributed by atoms with Gasteiger partial charge in [0.05, 0.1) is 0 Å². The second-order valence-corrected chi connectivity index (χ2v) is 6.99. The standard InChI is InChI=1S/C13H20BrNS/c1-3-13(2)5-7-15(8-6-13)10-12-11(14)4-9-16-12/h4,9H,3,5-8,10H2,1-2H3. The molecule has 0 N–H and O–H groups in total. The van der Waals surface area contributed by atoms with E-state index < -0.39 is 0 Å². The average molecular weight is 302 g/mol. The Balaban J connectivity index is 1.88. The van der Waals surface area contributed by atoms with E-state index in [1.807, 2.05) is 11.3 Å². The topological polar surface area (TPSA) is 3.24 Å². The van der Waals surface area contributed by atoms with Crippen LogP contribution in [0.5, 0.6) is 0 Å². The summed E-state index contributed by atoms with van der Waals surface area (Å²) in [5, 5.41) is 2.17. The zero-order valence-electron chi connectivity index (χ0n) is 10.1. The maximum Gasteiger partial charge on any atom is 0.0339 e. The van der Waals surface area contributed by atoms with Crippen LogP contribution in [0, 0.1) is 5.41 Å². The summed E-state index contributed by atoms with van der Waals surface area (Å²) in [5.74, 6) is 0. The molecule has 0 radical (unpaired) electrons. The molecular weight excluding hydrogens is 282 g/mol. The fourth-order valence-electron chi connectivity index (χ4n) is 2.25. The molecule has 1 aliphatic rings. The highest BCUT2D eigenvalue weighted by molar-refractivity contribution is 9.10. The summed E-state index contributed by atoms with van der Waals surface area (Å²) in [7, 11) is 0. The van der Waals surface area contributed by atoms with Crippen LogP contribution >= 0.6 is 27.3 Å². The second-order valence-electron chi connectivity index (χ2n) is 5.13. The number of hydrogen-bond donors (Lipinski definition) is 0. The molecule has 1 aromatic rings. The first-order valence-corrected chi connectivity index (χ1v) is 7.74. The predicted octanol–water partition coefficient (Wildman–Crippen LogP) is 4.52. The molecule has 0 saturated carbocycles. The Hall–Kier alpha value is 0.140. The van der Waals surface area contributed by atoms with E-state index in [0.717, 1.165) is 6.54 Å². The summed E-state index contributed by atoms with van der Waals surface area (Å²) < 4.78 is 1.28. The van der Waals surface area contributed by atoms with Crippen LogP contribution in [0.3, 0.4) is 0 Å². The molecule has 3 heteroatoms. The van der Waals surface area contributed by atoms with E-state index in [4.69, 9.17) is 0 Å². The lowest BCUT2D eigenvalue weighted by molar-refractivity contribution is 0.110. The Labute approximate surface area is 111 Å². The van der Waals surface area contributed by atoms with E-state index in [0.29, 0.717) is 5.41 Å². The Morgan fingerprint density at radius 1 is 1.44 bits per heavy atom. The first-order chi connectivity index (χ1) is 7.63. The third kappa shape index (κ3) is 2.88. The van der Waals surface area contributed by atoms with Gasteiger partial charge in [-0.3, -0.25) is 4.90 Å². The van der Waals surface area contributed by atoms with Gasteiger partial charge in [-0.2, -0.15) is 0 Å². The smallest absolute Gasteiger partial charge is 0.0339 e. The molecular formula is C13H20BrNS. The number of nitrogens with zero attached hydrogens (tertiary/aromatic N) is 1. The first-order valence-electron chi connectivity index (χ1n) is 6.07. The zero-order chi connectivity index (χ0) is 11.6. The molecule has 1 fully saturated rings. The quantitative estimate of drug-likeness (QED) is 0.793. The van der Waals surface area contributed by atoms with Gasteiger partial charge in [0.1, 0.15) is 0 Å². The Kier molecular flexibility index (Phi) is 4.09. The number of halogens is 1. The third-order valence-corrected chi connectivity index (χ3v) is 5.89. The highest BCUT2D eigenvalue weighted by Crippen LogP contribution is 2.35. The van der Waals surface area contributed by atoms with Crippen molar-refractivity contribution in [2.45, 2.75) is 39.7 Å². The van der Waals surface area contributed by atoms with Gasteiger partial charge in [0.2, 0.25) is 0 Å². The van der Waals surface area contributed by atoms with E-state index in [1.165, 1.54) is 41.7 Å². The molecule has 1 saturated heterocycles. The van der Waals surface area contributed by atoms with Gasteiger partial charge < -0.3 is 0 Å². The normalized spacial score (nSPS) is 21.2. The number of likely N-dealkylation sites (tertiary alicyclic amines) is 1. The van der Waals surface area contributed by atoms with E-state index in [-0.39, 0.29) is 0 Å². The summed E-state index contributed by atoms with van der Waals surface area (Å²) in [6.07, 6.45) is 4.03. The minimum Gasteiger partial charge on any atom is -0.298 e. The van der Waals surface area contributed by atoms with Crippen molar-refractivity contribution in [2.24, 2.45) is 5.41 Å². The van der Waals surface area contributed by atoms with Gasteiger partial charge in [-0.1, -0.05) is 20.3 Å². The van der Waals surface area contributed by atoms with Crippen molar-refractivity contribution in [1.82, 2.24) is 4.90 Å². The highest BCUT2D eigenvalue weighted by atomic mass is 79.9. The largest absolute Gasteiger partial charge is 0.298 e. The minimum atomic E-state index is 0.600. The van der Waals surface area contributed by atoms with Crippen LogP contribution < -0.4 is 0 Å². The Bertz CT molecular complexity index is 339. The van der Waals surface area contributed by atoms with Crippen LogP contribution in [-0.4, -0.2) is 18.0 Å². The monoisotopic (exact) mass is 301 g/mol. The molecule has 0 spiro atoms. The van der Waals surface area contributed by atoms with Gasteiger partial charge in [0.25, 0.3) is 0 Å². The average Bonchev–Trinajstić information content (AvgIpc) is 2.68. The predicted molar refractivity (Wildman–Crippen MR) is 74.9 cm³/mol. The number of rotatable bonds is 3. The van der Waals surface area contributed by atoms with E-state index in [1.54, 1.807) is 0 Å². The molecule has 2 rings (SSSR count). The molecule has 90 valence electrons. The third-order valence-electron chi connectivity index (χ3n) is 3.97. The number of hydrogen-bond acceptors (Lipinski definition) is 2. The Morgan fingerprint density at radius 2 is 2.12 bits per heavy atom. The molecule has 0 amide bonds. The number of thiophene rings is 1. The summed E-state index contributed by atoms with van der Waals surface area (Å²) in [6.45, 7) is 8.40. The summed E-state index contributed by atoms with van der Waals surface area (Å²) in [5.41, 5.74) is 0.600. The van der Waals surface area contributed by atoms with Crippen LogP contribution in [0.1, 0.15) is 38.0 Å². The van der Waals surface area contributed by atoms with Crippen LogP contribution in [-0.2, 0) is 6.54 Å². The van der Waals surface area contributed by atoms with Crippen LogP contribution in [0.4, 0.5) is 0 Å². The maximum atomic E-state index is 3.61. The first kappa shape index (κ1) is 12.6. The molecule has 0 aliphatic carbocycles. The molecule has 1 nitrogen and oxygen atoms in total. The van der Waals surface area contributed by atoms with Crippen molar-refractivity contribution in [3.63, 3.8) is 0 Å². The van der Waals surface area contributed by atoms with Gasteiger partial charge in [-0.15, -0.1) is 11.3 Å². The molecule has 1 aliphatic heterocycles. The van der Waals surface area contributed by atoms with Crippen LogP contribution in [0.25, 0.3) is 0 Å². The van der Waals surface area contributed by atoms with Crippen molar-refractivity contribution < 1.29 is 0 Å². The molecule has 0 aromatic carbocycles. The van der Waals surface area contributed by atoms with Gasteiger partial charge in [0, 0.05) is 15.9 Å². The fourth-order valence-corrected chi connectivity index (χ4v) is 3.76. The molecule has 0 atom stereocenters. The van der Waals surface area contributed by atoms with E-state index in [2.05, 4.69) is 46.1 Å². The molecule has 0 bridgehead atoms. The molecule has 2 heterocycles. The summed E-state index contributed by atoms with van der Waals surface area (Å²) >= 11 is 5.47. The molecule has 0 unspecified atom stereocenters. The lowest BCUT2D eigenvalue weighted by atomic mass is 9.78. The highest BCUT2D eigenvalue weighted by Gasteiger charge is 2.28. The lowest BCUT2D eigenvalue weighted by Crippen LogP contribution is -2.37. The summed E-state index contributed by atoms with van der Waals surface area (Å²) in [6, 6.07) is 2.15. The SMILES string of the molecule is CCC1(C)CCN(Cc2sccc2Br)CC1. The van der Waals surface area contributed by atoms with Crippen LogP contribution in [0.2, 0.25) is 0 Å². The van der Waals surface area contributed by atoms with Gasteiger partial charge >= 0.3 is 0 Å². The maximum absolute atomic E-state index is 3.61. The van der Waals surface area contributed by atoms with Gasteiger partial charge in [-0.05, 0) is 58.7 Å². The van der Waals surface area contributed by atoms with Crippen LogP contribution in [0.15, 0.2) is 15.9 Å². The van der Waals surface area contributed by atoms with Crippen molar-refractivity contribution in [3.8, 4) is 0 Å². The van der Waals surface area contributed by atoms with Gasteiger partial charge in [-0.25, -0.2) is 0 Å². The van der Waals surface area contributed by atoms with Crippen molar-refractivity contribution in [1.29, 1.82) is 0 Å². The van der Waals surface area contributed by atoms with Crippen molar-refractivity contribution in [3.05, 3.63) is 20.8 Å². The second kappa shape index (κ2) is 5.19. The van der Waals surface area contributed by atoms with Crippen molar-refractivity contribution in [2.75, 3.05) is 13.1 Å².